The van der Waals surface area contributed by atoms with Crippen LogP contribution in [-0.4, -0.2) is 19.7 Å². The van der Waals surface area contributed by atoms with Crippen LogP contribution in [0.4, 0.5) is 0 Å². The maximum atomic E-state index is 4.36. The summed E-state index contributed by atoms with van der Waals surface area (Å²) >= 11 is 0. The predicted octanol–water partition coefficient (Wildman–Crippen LogP) is 2.66. The number of rotatable bonds is 3. The Bertz CT molecular complexity index is 508. The smallest absolute Gasteiger partial charge is 0.160 e. The topological polar surface area (TPSA) is 43.6 Å². The first kappa shape index (κ1) is 10.4. The van der Waals surface area contributed by atoms with Crippen LogP contribution in [0.15, 0.2) is 24.7 Å². The van der Waals surface area contributed by atoms with E-state index in [0.717, 1.165) is 17.2 Å². The van der Waals surface area contributed by atoms with Crippen LogP contribution in [0.2, 0.25) is 0 Å². The van der Waals surface area contributed by atoms with E-state index < -0.39 is 0 Å². The molecule has 0 aromatic carbocycles. The van der Waals surface area contributed by atoms with Gasteiger partial charge in [-0.3, -0.25) is 4.57 Å². The van der Waals surface area contributed by atoms with E-state index in [1.807, 2.05) is 16.8 Å². The van der Waals surface area contributed by atoms with Gasteiger partial charge in [0.25, 0.3) is 0 Å². The van der Waals surface area contributed by atoms with Gasteiger partial charge < -0.3 is 0 Å². The average molecular weight is 228 g/mol. The van der Waals surface area contributed by atoms with Gasteiger partial charge in [0, 0.05) is 12.1 Å². The molecule has 0 bridgehead atoms. The van der Waals surface area contributed by atoms with E-state index in [9.17, 15) is 0 Å². The van der Waals surface area contributed by atoms with E-state index in [-0.39, 0.29) is 0 Å². The molecule has 0 saturated heterocycles. The molecule has 0 aliphatic heterocycles. The molecule has 4 heteroatoms. The molecule has 2 aromatic rings. The highest BCUT2D eigenvalue weighted by atomic mass is 15.2. The number of hydrogen-bond donors (Lipinski definition) is 0. The molecule has 0 spiro atoms. The van der Waals surface area contributed by atoms with Crippen molar-refractivity contribution in [3.05, 3.63) is 36.0 Å². The standard InChI is InChI=1S/C13H16N4/c1-9(2)12-7-17(8-14-12)13-6-5-11(15-16-13)10-3-4-10/h5-10H,3-4H2,1-2H3. The molecule has 3 rings (SSSR count). The van der Waals surface area contributed by atoms with Crippen LogP contribution in [0.25, 0.3) is 5.82 Å². The van der Waals surface area contributed by atoms with Crippen molar-refractivity contribution in [1.29, 1.82) is 0 Å². The molecular weight excluding hydrogens is 212 g/mol. The second-order valence-corrected chi connectivity index (χ2v) is 4.95. The van der Waals surface area contributed by atoms with Crippen molar-refractivity contribution < 1.29 is 0 Å². The van der Waals surface area contributed by atoms with E-state index in [4.69, 9.17) is 0 Å². The first-order chi connectivity index (χ1) is 8.24. The Morgan fingerprint density at radius 1 is 1.24 bits per heavy atom. The van der Waals surface area contributed by atoms with E-state index >= 15 is 0 Å². The summed E-state index contributed by atoms with van der Waals surface area (Å²) in [6.45, 7) is 4.27. The van der Waals surface area contributed by atoms with E-state index in [1.54, 1.807) is 6.33 Å². The fourth-order valence-electron chi connectivity index (χ4n) is 1.83. The molecule has 17 heavy (non-hydrogen) atoms. The summed E-state index contributed by atoms with van der Waals surface area (Å²) < 4.78 is 1.93. The summed E-state index contributed by atoms with van der Waals surface area (Å²) in [7, 11) is 0. The van der Waals surface area contributed by atoms with Gasteiger partial charge in [-0.05, 0) is 30.9 Å². The first-order valence-electron chi connectivity index (χ1n) is 6.12. The Labute approximate surface area is 101 Å². The minimum Gasteiger partial charge on any atom is -0.289 e. The van der Waals surface area contributed by atoms with Crippen LogP contribution in [-0.2, 0) is 0 Å². The molecule has 2 aromatic heterocycles. The normalized spacial score (nSPS) is 15.5. The van der Waals surface area contributed by atoms with Gasteiger partial charge in [0.05, 0.1) is 11.4 Å². The molecular formula is C13H16N4. The fraction of sp³-hybridized carbons (Fsp3) is 0.462. The lowest BCUT2D eigenvalue weighted by Gasteiger charge is -2.01. The molecule has 0 unspecified atom stereocenters. The summed E-state index contributed by atoms with van der Waals surface area (Å²) in [6.07, 6.45) is 6.34. The monoisotopic (exact) mass is 228 g/mol. The van der Waals surface area contributed by atoms with Crippen LogP contribution in [0.1, 0.15) is 49.9 Å². The quantitative estimate of drug-likeness (QED) is 0.811. The van der Waals surface area contributed by atoms with Crippen LogP contribution < -0.4 is 0 Å². The molecule has 0 atom stereocenters. The molecule has 1 aliphatic rings. The Hall–Kier alpha value is -1.71. The van der Waals surface area contributed by atoms with Crippen molar-refractivity contribution in [2.75, 3.05) is 0 Å². The van der Waals surface area contributed by atoms with Crippen molar-refractivity contribution in [2.45, 2.75) is 38.5 Å². The molecule has 1 fully saturated rings. The number of aromatic nitrogens is 4. The lowest BCUT2D eigenvalue weighted by Crippen LogP contribution is -1.98. The Morgan fingerprint density at radius 2 is 2.06 bits per heavy atom. The van der Waals surface area contributed by atoms with Gasteiger partial charge in [-0.1, -0.05) is 13.8 Å². The van der Waals surface area contributed by atoms with E-state index in [2.05, 4.69) is 35.1 Å². The first-order valence-corrected chi connectivity index (χ1v) is 6.12. The Balaban J connectivity index is 1.86. The van der Waals surface area contributed by atoms with Crippen LogP contribution in [0.3, 0.4) is 0 Å². The summed E-state index contributed by atoms with van der Waals surface area (Å²) in [4.78, 5) is 4.36. The van der Waals surface area contributed by atoms with Gasteiger partial charge >= 0.3 is 0 Å². The minimum atomic E-state index is 0.440. The van der Waals surface area contributed by atoms with E-state index in [1.165, 1.54) is 12.8 Å². The molecule has 2 heterocycles. The molecule has 0 amide bonds. The van der Waals surface area contributed by atoms with Gasteiger partial charge in [0.1, 0.15) is 6.33 Å². The van der Waals surface area contributed by atoms with Crippen molar-refractivity contribution in [2.24, 2.45) is 0 Å². The largest absolute Gasteiger partial charge is 0.289 e. The number of imidazole rings is 1. The molecule has 0 N–H and O–H groups in total. The average Bonchev–Trinajstić information content (AvgIpc) is 3.06. The second kappa shape index (κ2) is 3.95. The molecule has 4 nitrogen and oxygen atoms in total. The Kier molecular flexibility index (Phi) is 2.42. The van der Waals surface area contributed by atoms with Gasteiger partial charge in [-0.2, -0.15) is 5.10 Å². The van der Waals surface area contributed by atoms with Crippen LogP contribution in [0, 0.1) is 0 Å². The maximum absolute atomic E-state index is 4.36. The summed E-state index contributed by atoms with van der Waals surface area (Å²) in [5.74, 6) is 1.94. The fourth-order valence-corrected chi connectivity index (χ4v) is 1.83. The summed E-state index contributed by atoms with van der Waals surface area (Å²) in [6, 6.07) is 4.10. The van der Waals surface area contributed by atoms with Crippen LogP contribution >= 0.6 is 0 Å². The summed E-state index contributed by atoms with van der Waals surface area (Å²) in [5.41, 5.74) is 2.20. The molecule has 88 valence electrons. The second-order valence-electron chi connectivity index (χ2n) is 4.95. The van der Waals surface area contributed by atoms with Crippen molar-refractivity contribution in [1.82, 2.24) is 19.7 Å². The maximum Gasteiger partial charge on any atom is 0.160 e. The van der Waals surface area contributed by atoms with Gasteiger partial charge in [-0.15, -0.1) is 5.10 Å². The third-order valence-corrected chi connectivity index (χ3v) is 3.13. The Morgan fingerprint density at radius 3 is 2.59 bits per heavy atom. The lowest BCUT2D eigenvalue weighted by atomic mass is 10.2. The highest BCUT2D eigenvalue weighted by Gasteiger charge is 2.25. The molecule has 1 aliphatic carbocycles. The number of hydrogen-bond acceptors (Lipinski definition) is 3. The SMILES string of the molecule is CC(C)c1cn(-c2ccc(C3CC3)nn2)cn1. The van der Waals surface area contributed by atoms with Crippen molar-refractivity contribution in [3.63, 3.8) is 0 Å². The molecule has 1 saturated carbocycles. The van der Waals surface area contributed by atoms with Crippen molar-refractivity contribution in [3.8, 4) is 5.82 Å². The highest BCUT2D eigenvalue weighted by molar-refractivity contribution is 5.25. The highest BCUT2D eigenvalue weighted by Crippen LogP contribution is 2.38. The van der Waals surface area contributed by atoms with Gasteiger partial charge in [0.15, 0.2) is 5.82 Å². The predicted molar refractivity (Wildman–Crippen MR) is 65.2 cm³/mol. The van der Waals surface area contributed by atoms with Gasteiger partial charge in [0.2, 0.25) is 0 Å². The van der Waals surface area contributed by atoms with E-state index in [0.29, 0.717) is 11.8 Å². The van der Waals surface area contributed by atoms with Crippen LogP contribution in [0.5, 0.6) is 0 Å². The molecule has 0 radical (unpaired) electrons. The zero-order valence-electron chi connectivity index (χ0n) is 10.2. The third kappa shape index (κ3) is 2.07. The minimum absolute atomic E-state index is 0.440. The zero-order valence-corrected chi connectivity index (χ0v) is 10.2. The summed E-state index contributed by atoms with van der Waals surface area (Å²) in [5, 5.41) is 8.53. The van der Waals surface area contributed by atoms with Gasteiger partial charge in [-0.25, -0.2) is 4.98 Å². The van der Waals surface area contributed by atoms with Crippen molar-refractivity contribution >= 4 is 0 Å². The third-order valence-electron chi connectivity index (χ3n) is 3.13. The number of nitrogens with zero attached hydrogens (tertiary/aromatic N) is 4. The zero-order chi connectivity index (χ0) is 11.8. The lowest BCUT2D eigenvalue weighted by molar-refractivity contribution is 0.829.